The molecular weight excluding hydrogens is 466 g/mol. The van der Waals surface area contributed by atoms with E-state index in [9.17, 15) is 29.5 Å². The number of β-lactam (4-membered cyclic amide) rings is 1. The Labute approximate surface area is 199 Å². The van der Waals surface area contributed by atoms with Crippen molar-refractivity contribution in [2.24, 2.45) is 10.6 Å². The van der Waals surface area contributed by atoms with E-state index in [1.807, 2.05) is 0 Å². The molecule has 0 spiro atoms. The fourth-order valence-electron chi connectivity index (χ4n) is 3.28. The van der Waals surface area contributed by atoms with Crippen LogP contribution in [0.15, 0.2) is 40.7 Å². The maximum absolute atomic E-state index is 12.8. The lowest BCUT2D eigenvalue weighted by molar-refractivity contribution is -0.173. The van der Waals surface area contributed by atoms with Crippen LogP contribution in [0.3, 0.4) is 0 Å². The third-order valence-corrected chi connectivity index (χ3v) is 6.49. The van der Waals surface area contributed by atoms with Crippen molar-refractivity contribution in [1.82, 2.24) is 10.2 Å². The van der Waals surface area contributed by atoms with Gasteiger partial charge in [0.1, 0.15) is 22.9 Å². The molecule has 182 valence electrons. The minimum atomic E-state index is -0.971. The van der Waals surface area contributed by atoms with E-state index in [1.54, 1.807) is 27.7 Å². The number of nitrogens with zero attached hydrogens (tertiary/aromatic N) is 2. The summed E-state index contributed by atoms with van der Waals surface area (Å²) in [5.74, 6) is -2.45. The van der Waals surface area contributed by atoms with E-state index in [1.165, 1.54) is 40.9 Å². The second-order valence-electron chi connectivity index (χ2n) is 8.72. The standard InChI is InChI=1S/C22H25N3O8S/c1-11-9-34-19-15(23-17(27)14(24-31)12-6-5-7-13(26)8-12)18(28)25(19)16(11)20(29)32-10-33-21(30)22(2,3)4/h5-8,15,19,26,31H,9-10H2,1-4H3,(H,23,27)/t15?,19-/m1/s1. The van der Waals surface area contributed by atoms with Gasteiger partial charge in [0.2, 0.25) is 6.79 Å². The number of phenols is 1. The van der Waals surface area contributed by atoms with Crippen molar-refractivity contribution < 1.29 is 39.0 Å². The van der Waals surface area contributed by atoms with Gasteiger partial charge >= 0.3 is 11.9 Å². The summed E-state index contributed by atoms with van der Waals surface area (Å²) >= 11 is 1.34. The van der Waals surface area contributed by atoms with Gasteiger partial charge in [0.05, 0.1) is 5.41 Å². The topological polar surface area (TPSA) is 155 Å². The van der Waals surface area contributed by atoms with E-state index in [0.29, 0.717) is 11.3 Å². The number of fused-ring (bicyclic) bond motifs is 1. The Hall–Kier alpha value is -3.54. The number of carbonyl (C=O) groups excluding carboxylic acids is 4. The van der Waals surface area contributed by atoms with Crippen molar-refractivity contribution >= 4 is 41.2 Å². The molecule has 3 rings (SSSR count). The molecule has 2 aliphatic rings. The number of benzene rings is 1. The van der Waals surface area contributed by atoms with Crippen LogP contribution in [0.4, 0.5) is 0 Å². The first kappa shape index (κ1) is 25.1. The van der Waals surface area contributed by atoms with Crippen LogP contribution in [0.5, 0.6) is 5.75 Å². The first-order valence-electron chi connectivity index (χ1n) is 10.3. The maximum Gasteiger partial charge on any atom is 0.357 e. The fourth-order valence-corrected chi connectivity index (χ4v) is 4.57. The number of hydrogen-bond acceptors (Lipinski definition) is 10. The molecular formula is C22H25N3O8S. The van der Waals surface area contributed by atoms with Crippen LogP contribution in [0.2, 0.25) is 0 Å². The number of nitrogens with one attached hydrogen (secondary N) is 1. The van der Waals surface area contributed by atoms with E-state index in [-0.39, 0.29) is 22.7 Å². The Morgan fingerprint density at radius 3 is 2.59 bits per heavy atom. The molecule has 2 heterocycles. The number of amides is 2. The molecule has 2 aliphatic heterocycles. The number of carbonyl (C=O) groups is 4. The second-order valence-corrected chi connectivity index (χ2v) is 9.83. The van der Waals surface area contributed by atoms with Crippen LogP contribution in [-0.2, 0) is 28.7 Å². The highest BCUT2D eigenvalue weighted by Gasteiger charge is 2.54. The second kappa shape index (κ2) is 9.75. The largest absolute Gasteiger partial charge is 0.508 e. The average Bonchev–Trinajstić information content (AvgIpc) is 2.77. The molecule has 11 nitrogen and oxygen atoms in total. The third-order valence-electron chi connectivity index (χ3n) is 5.07. The molecule has 0 radical (unpaired) electrons. The van der Waals surface area contributed by atoms with Gasteiger partial charge in [-0.3, -0.25) is 19.3 Å². The zero-order valence-corrected chi connectivity index (χ0v) is 19.8. The Balaban J connectivity index is 1.66. The van der Waals surface area contributed by atoms with Gasteiger partial charge in [0, 0.05) is 11.3 Å². The van der Waals surface area contributed by atoms with Gasteiger partial charge in [-0.1, -0.05) is 17.3 Å². The van der Waals surface area contributed by atoms with Crippen molar-refractivity contribution in [3.05, 3.63) is 41.1 Å². The Morgan fingerprint density at radius 1 is 1.26 bits per heavy atom. The van der Waals surface area contributed by atoms with Crippen LogP contribution in [0.1, 0.15) is 33.3 Å². The number of hydrogen-bond donors (Lipinski definition) is 3. The fraction of sp³-hybridized carbons (Fsp3) is 0.409. The number of esters is 2. The zero-order chi connectivity index (χ0) is 25.2. The third kappa shape index (κ3) is 5.01. The van der Waals surface area contributed by atoms with E-state index in [2.05, 4.69) is 10.5 Å². The van der Waals surface area contributed by atoms with Crippen LogP contribution < -0.4 is 5.32 Å². The number of phenolic OH excluding ortho intramolecular Hbond substituents is 1. The molecule has 1 unspecified atom stereocenters. The van der Waals surface area contributed by atoms with Gasteiger partial charge in [-0.05, 0) is 45.4 Å². The van der Waals surface area contributed by atoms with Crippen molar-refractivity contribution in [1.29, 1.82) is 0 Å². The highest BCUT2D eigenvalue weighted by atomic mass is 32.2. The monoisotopic (exact) mass is 491 g/mol. The molecule has 0 aromatic heterocycles. The Kier molecular flexibility index (Phi) is 7.20. The molecule has 0 saturated carbocycles. The lowest BCUT2D eigenvalue weighted by Gasteiger charge is -2.49. The predicted molar refractivity (Wildman–Crippen MR) is 121 cm³/mol. The molecule has 1 saturated heterocycles. The van der Waals surface area contributed by atoms with Crippen LogP contribution >= 0.6 is 11.8 Å². The molecule has 1 aromatic rings. The average molecular weight is 492 g/mol. The number of ether oxygens (including phenoxy) is 2. The van der Waals surface area contributed by atoms with Crippen LogP contribution in [0, 0.1) is 5.41 Å². The summed E-state index contributed by atoms with van der Waals surface area (Å²) < 4.78 is 10.0. The van der Waals surface area contributed by atoms with Crippen molar-refractivity contribution in [3.8, 4) is 5.75 Å². The van der Waals surface area contributed by atoms with Crippen molar-refractivity contribution in [2.75, 3.05) is 12.5 Å². The summed E-state index contributed by atoms with van der Waals surface area (Å²) in [7, 11) is 0. The summed E-state index contributed by atoms with van der Waals surface area (Å²) in [6.45, 7) is 6.07. The van der Waals surface area contributed by atoms with Gasteiger partial charge in [0.25, 0.3) is 11.8 Å². The predicted octanol–water partition coefficient (Wildman–Crippen LogP) is 1.33. The Bertz CT molecular complexity index is 1090. The molecule has 2 atom stereocenters. The number of rotatable bonds is 6. The molecule has 3 N–H and O–H groups in total. The van der Waals surface area contributed by atoms with Crippen LogP contribution in [0.25, 0.3) is 0 Å². The molecule has 1 fully saturated rings. The zero-order valence-electron chi connectivity index (χ0n) is 19.0. The highest BCUT2D eigenvalue weighted by molar-refractivity contribution is 8.00. The van der Waals surface area contributed by atoms with E-state index >= 15 is 0 Å². The first-order chi connectivity index (χ1) is 16.0. The lowest BCUT2D eigenvalue weighted by atomic mass is 9.98. The Morgan fingerprint density at radius 2 is 1.97 bits per heavy atom. The van der Waals surface area contributed by atoms with Gasteiger partial charge in [-0.15, -0.1) is 11.8 Å². The normalized spacial score (nSPS) is 20.3. The van der Waals surface area contributed by atoms with E-state index in [0.717, 1.165) is 0 Å². The SMILES string of the molecule is CC1=C(C(=O)OCOC(=O)C(C)(C)C)N2C(=O)C(NC(=O)C(=NO)c3cccc(O)c3)[C@H]2SC1. The summed E-state index contributed by atoms with van der Waals surface area (Å²) in [5.41, 5.74) is -0.346. The van der Waals surface area contributed by atoms with Gasteiger partial charge < -0.3 is 25.1 Å². The maximum atomic E-state index is 12.8. The molecule has 0 bridgehead atoms. The molecule has 0 aliphatic carbocycles. The minimum Gasteiger partial charge on any atom is -0.508 e. The lowest BCUT2D eigenvalue weighted by Crippen LogP contribution is -2.71. The molecule has 12 heteroatoms. The smallest absolute Gasteiger partial charge is 0.357 e. The van der Waals surface area contributed by atoms with E-state index < -0.39 is 47.4 Å². The highest BCUT2D eigenvalue weighted by Crippen LogP contribution is 2.40. The van der Waals surface area contributed by atoms with Gasteiger partial charge in [-0.2, -0.15) is 0 Å². The summed E-state index contributed by atoms with van der Waals surface area (Å²) in [4.78, 5) is 51.2. The van der Waals surface area contributed by atoms with E-state index in [4.69, 9.17) is 9.47 Å². The number of oxime groups is 1. The van der Waals surface area contributed by atoms with Gasteiger partial charge in [0.15, 0.2) is 5.71 Å². The first-order valence-corrected chi connectivity index (χ1v) is 11.3. The van der Waals surface area contributed by atoms with Gasteiger partial charge in [-0.25, -0.2) is 4.79 Å². The molecule has 34 heavy (non-hydrogen) atoms. The number of aromatic hydroxyl groups is 1. The summed E-state index contributed by atoms with van der Waals surface area (Å²) in [6, 6.07) is 4.60. The summed E-state index contributed by atoms with van der Waals surface area (Å²) in [5, 5.41) is 23.8. The quantitative estimate of drug-likeness (QED) is 0.133. The minimum absolute atomic E-state index is 0.0371. The van der Waals surface area contributed by atoms with Crippen molar-refractivity contribution in [3.63, 3.8) is 0 Å². The molecule has 1 aromatic carbocycles. The van der Waals surface area contributed by atoms with Crippen LogP contribution in [-0.4, -0.2) is 68.6 Å². The molecule has 2 amide bonds. The van der Waals surface area contributed by atoms with Crippen molar-refractivity contribution in [2.45, 2.75) is 39.1 Å². The number of thioether (sulfide) groups is 1. The summed E-state index contributed by atoms with van der Waals surface area (Å²) in [6.07, 6.45) is 0.